The lowest BCUT2D eigenvalue weighted by Crippen LogP contribution is -2.45. The SMILES string of the molecule is Cc1ccc(CP2(=O)OCC3(CO2)COP(=O)(Cc2ccc(C)c(-c4ccccc4)c2-c2ccccc2)OC3)c(-c2ccccc2)c1-c1ccccc1. The Hall–Kier alpha value is -4.38. The molecule has 1 spiro atoms. The van der Waals surface area contributed by atoms with E-state index in [1.165, 1.54) is 0 Å². The molecule has 0 amide bonds. The summed E-state index contributed by atoms with van der Waals surface area (Å²) in [6, 6.07) is 49.1. The van der Waals surface area contributed by atoms with Crippen molar-refractivity contribution in [2.45, 2.75) is 26.2 Å². The second kappa shape index (κ2) is 14.8. The molecule has 0 bridgehead atoms. The van der Waals surface area contributed by atoms with Gasteiger partial charge >= 0.3 is 15.2 Å². The van der Waals surface area contributed by atoms with Gasteiger partial charge in [0.25, 0.3) is 0 Å². The lowest BCUT2D eigenvalue weighted by Gasteiger charge is -2.43. The predicted molar refractivity (Wildman–Crippen MR) is 213 cm³/mol. The Morgan fingerprint density at radius 1 is 0.415 bits per heavy atom. The van der Waals surface area contributed by atoms with E-state index in [2.05, 4.69) is 74.5 Å². The quantitative estimate of drug-likeness (QED) is 0.145. The monoisotopic (exact) mass is 740 g/mol. The third-order valence-corrected chi connectivity index (χ3v) is 13.8. The molecule has 2 aliphatic heterocycles. The van der Waals surface area contributed by atoms with E-state index in [-0.39, 0.29) is 38.8 Å². The topological polar surface area (TPSA) is 71.1 Å². The summed E-state index contributed by atoms with van der Waals surface area (Å²) >= 11 is 0. The summed E-state index contributed by atoms with van der Waals surface area (Å²) in [6.45, 7) is 4.65. The van der Waals surface area contributed by atoms with Gasteiger partial charge in [-0.05, 0) is 80.6 Å². The molecule has 0 aliphatic carbocycles. The smallest absolute Gasteiger partial charge is 0.307 e. The molecule has 6 nitrogen and oxygen atoms in total. The lowest BCUT2D eigenvalue weighted by molar-refractivity contribution is -0.0690. The third kappa shape index (κ3) is 7.41. The van der Waals surface area contributed by atoms with Gasteiger partial charge in [0.1, 0.15) is 0 Å². The predicted octanol–water partition coefficient (Wildman–Crippen LogP) is 12.1. The summed E-state index contributed by atoms with van der Waals surface area (Å²) in [6.07, 6.45) is 0.236. The van der Waals surface area contributed by atoms with Gasteiger partial charge in [-0.2, -0.15) is 0 Å². The van der Waals surface area contributed by atoms with Gasteiger partial charge in [-0.25, -0.2) is 0 Å². The summed E-state index contributed by atoms with van der Waals surface area (Å²) in [5.41, 5.74) is 11.8. The number of rotatable bonds is 8. The zero-order valence-corrected chi connectivity index (χ0v) is 31.7. The zero-order valence-electron chi connectivity index (χ0n) is 29.9. The maximum Gasteiger partial charge on any atom is 0.335 e. The van der Waals surface area contributed by atoms with Crippen LogP contribution in [-0.2, 0) is 39.5 Å². The minimum atomic E-state index is -3.55. The molecule has 0 aromatic heterocycles. The molecule has 2 heterocycles. The van der Waals surface area contributed by atoms with Crippen LogP contribution in [0.2, 0.25) is 0 Å². The van der Waals surface area contributed by atoms with E-state index in [0.717, 1.165) is 66.8 Å². The van der Waals surface area contributed by atoms with E-state index in [1.807, 2.05) is 84.9 Å². The largest absolute Gasteiger partial charge is 0.335 e. The molecule has 53 heavy (non-hydrogen) atoms. The van der Waals surface area contributed by atoms with E-state index < -0.39 is 20.6 Å². The second-order valence-electron chi connectivity index (χ2n) is 14.2. The van der Waals surface area contributed by atoms with Gasteiger partial charge in [-0.3, -0.25) is 9.13 Å². The Balaban J connectivity index is 1.01. The van der Waals surface area contributed by atoms with Crippen molar-refractivity contribution >= 4 is 15.2 Å². The molecule has 2 fully saturated rings. The Kier molecular flexibility index (Phi) is 9.95. The van der Waals surface area contributed by atoms with Gasteiger partial charge in [-0.15, -0.1) is 0 Å². The highest BCUT2D eigenvalue weighted by atomic mass is 31.2. The van der Waals surface area contributed by atoms with Crippen LogP contribution >= 0.6 is 15.2 Å². The standard InChI is InChI=1S/C45H42O6P2/c1-33-23-25-39(43(37-19-11-5-12-20-37)41(33)35-15-7-3-8-16-35)27-52(46)48-29-45(30-49-52)31-50-53(47,51-32-45)28-40-26-24-34(2)42(36-17-9-4-10-18-36)44(40)38-21-13-6-14-22-38/h3-26H,27-32H2,1-2H3. The first-order chi connectivity index (χ1) is 25.7. The van der Waals surface area contributed by atoms with Gasteiger partial charge in [0.2, 0.25) is 0 Å². The molecule has 0 radical (unpaired) electrons. The van der Waals surface area contributed by atoms with Crippen molar-refractivity contribution in [3.05, 3.63) is 168 Å². The summed E-state index contributed by atoms with van der Waals surface area (Å²) < 4.78 is 53.2. The fourth-order valence-electron chi connectivity index (χ4n) is 7.45. The molecule has 0 unspecified atom stereocenters. The Morgan fingerprint density at radius 3 is 1.00 bits per heavy atom. The van der Waals surface area contributed by atoms with Crippen LogP contribution in [0.1, 0.15) is 22.3 Å². The highest BCUT2D eigenvalue weighted by molar-refractivity contribution is 7.53. The normalized spacial score (nSPS) is 22.8. The van der Waals surface area contributed by atoms with Crippen molar-refractivity contribution in [2.75, 3.05) is 26.4 Å². The van der Waals surface area contributed by atoms with E-state index in [1.54, 1.807) is 0 Å². The van der Waals surface area contributed by atoms with Crippen LogP contribution in [0.25, 0.3) is 44.5 Å². The Labute approximate surface area is 311 Å². The van der Waals surface area contributed by atoms with Crippen molar-refractivity contribution in [1.82, 2.24) is 0 Å². The molecule has 0 atom stereocenters. The van der Waals surface area contributed by atoms with Crippen LogP contribution in [0.4, 0.5) is 0 Å². The van der Waals surface area contributed by atoms with Gasteiger partial charge in [-0.1, -0.05) is 146 Å². The number of hydrogen-bond donors (Lipinski definition) is 0. The van der Waals surface area contributed by atoms with Gasteiger partial charge in [0, 0.05) is 0 Å². The van der Waals surface area contributed by atoms with E-state index in [9.17, 15) is 9.13 Å². The molecule has 268 valence electrons. The zero-order chi connectivity index (χ0) is 36.5. The Bertz CT molecular complexity index is 2130. The van der Waals surface area contributed by atoms with Crippen LogP contribution in [0.3, 0.4) is 0 Å². The van der Waals surface area contributed by atoms with Crippen LogP contribution in [-0.4, -0.2) is 26.4 Å². The summed E-state index contributed by atoms with van der Waals surface area (Å²) in [4.78, 5) is 0. The average molecular weight is 741 g/mol. The number of hydrogen-bond acceptors (Lipinski definition) is 6. The van der Waals surface area contributed by atoms with E-state index in [4.69, 9.17) is 18.1 Å². The van der Waals surface area contributed by atoms with Crippen LogP contribution in [0.15, 0.2) is 146 Å². The maximum atomic E-state index is 14.3. The molecule has 8 rings (SSSR count). The summed E-state index contributed by atoms with van der Waals surface area (Å²) in [7, 11) is -7.10. The van der Waals surface area contributed by atoms with Gasteiger partial charge in [0.05, 0.1) is 44.2 Å². The fourth-order valence-corrected chi connectivity index (χ4v) is 11.2. The molecule has 2 saturated heterocycles. The molecule has 0 N–H and O–H groups in total. The third-order valence-electron chi connectivity index (χ3n) is 10.2. The fraction of sp³-hybridized carbons (Fsp3) is 0.200. The van der Waals surface area contributed by atoms with Crippen molar-refractivity contribution < 1.29 is 27.2 Å². The molecule has 0 saturated carbocycles. The molecule has 8 heteroatoms. The number of benzene rings is 6. The van der Waals surface area contributed by atoms with Gasteiger partial charge in [0.15, 0.2) is 0 Å². The van der Waals surface area contributed by atoms with Crippen LogP contribution < -0.4 is 0 Å². The van der Waals surface area contributed by atoms with Crippen molar-refractivity contribution in [2.24, 2.45) is 5.41 Å². The first-order valence-electron chi connectivity index (χ1n) is 18.0. The second-order valence-corrected chi connectivity index (χ2v) is 18.3. The summed E-state index contributed by atoms with van der Waals surface area (Å²) in [5, 5.41) is 0. The molecule has 6 aromatic rings. The van der Waals surface area contributed by atoms with Crippen molar-refractivity contribution in [3.8, 4) is 44.5 Å². The number of aryl methyl sites for hydroxylation is 2. The molecule has 6 aromatic carbocycles. The van der Waals surface area contributed by atoms with Crippen molar-refractivity contribution in [3.63, 3.8) is 0 Å². The van der Waals surface area contributed by atoms with Crippen molar-refractivity contribution in [1.29, 1.82) is 0 Å². The minimum absolute atomic E-state index is 0.111. The molecular weight excluding hydrogens is 698 g/mol. The average Bonchev–Trinajstić information content (AvgIpc) is 3.20. The molecule has 2 aliphatic rings. The van der Waals surface area contributed by atoms with E-state index in [0.29, 0.717) is 0 Å². The minimum Gasteiger partial charge on any atom is -0.307 e. The maximum absolute atomic E-state index is 14.3. The Morgan fingerprint density at radius 2 is 0.698 bits per heavy atom. The first-order valence-corrected chi connectivity index (χ1v) is 21.4. The van der Waals surface area contributed by atoms with Crippen LogP contribution in [0, 0.1) is 19.3 Å². The summed E-state index contributed by atoms with van der Waals surface area (Å²) in [5.74, 6) is 0. The lowest BCUT2D eigenvalue weighted by atomic mass is 9.88. The molecular formula is C45H42O6P2. The van der Waals surface area contributed by atoms with Crippen LogP contribution in [0.5, 0.6) is 0 Å². The highest BCUT2D eigenvalue weighted by Gasteiger charge is 2.49. The highest BCUT2D eigenvalue weighted by Crippen LogP contribution is 2.62. The van der Waals surface area contributed by atoms with Gasteiger partial charge < -0.3 is 18.1 Å². The first kappa shape index (κ1) is 35.6. The van der Waals surface area contributed by atoms with E-state index >= 15 is 0 Å².